The van der Waals surface area contributed by atoms with Crippen molar-refractivity contribution < 1.29 is 5.11 Å². The normalized spacial score (nSPS) is 11.9. The van der Waals surface area contributed by atoms with Gasteiger partial charge in [0.05, 0.1) is 0 Å². The molecule has 2 aromatic carbocycles. The number of phenols is 1. The molecule has 3 rings (SSSR count). The average molecular weight is 393 g/mol. The first kappa shape index (κ1) is 22.9. The number of benzene rings is 2. The number of aryl methyl sites for hydroxylation is 1. The van der Waals surface area contributed by atoms with Gasteiger partial charge < -0.3 is 10.0 Å². The Morgan fingerprint density at radius 3 is 2.34 bits per heavy atom. The molecule has 1 unspecified atom stereocenters. The third kappa shape index (κ3) is 6.57. The molecule has 3 nitrogen and oxygen atoms in total. The zero-order chi connectivity index (χ0) is 21.2. The maximum Gasteiger partial charge on any atom is 0.146 e. The van der Waals surface area contributed by atoms with E-state index in [2.05, 4.69) is 74.0 Å². The summed E-state index contributed by atoms with van der Waals surface area (Å²) in [7, 11) is 2.05. The number of pyridine rings is 1. The fourth-order valence-corrected chi connectivity index (χ4v) is 3.34. The predicted molar refractivity (Wildman–Crippen MR) is 124 cm³/mol. The van der Waals surface area contributed by atoms with Crippen LogP contribution in [0, 0.1) is 5.92 Å². The molecular formula is C26H36N2O. The number of nitrogens with zero attached hydrogens (tertiary/aromatic N) is 2. The second-order valence-electron chi connectivity index (χ2n) is 7.83. The number of rotatable bonds is 7. The first-order valence-electron chi connectivity index (χ1n) is 10.8. The van der Waals surface area contributed by atoms with Crippen molar-refractivity contribution in [1.82, 2.24) is 9.88 Å². The largest absolute Gasteiger partial charge is 0.505 e. The molecule has 3 aromatic rings. The monoisotopic (exact) mass is 392 g/mol. The molecule has 0 aliphatic carbocycles. The van der Waals surface area contributed by atoms with Crippen molar-refractivity contribution in [3.8, 4) is 5.75 Å². The van der Waals surface area contributed by atoms with Gasteiger partial charge in [0.1, 0.15) is 11.3 Å². The van der Waals surface area contributed by atoms with E-state index in [1.807, 2.05) is 19.2 Å². The van der Waals surface area contributed by atoms with Crippen LogP contribution in [-0.2, 0) is 19.4 Å². The van der Waals surface area contributed by atoms with Gasteiger partial charge in [-0.25, -0.2) is 0 Å². The first-order chi connectivity index (χ1) is 14.0. The lowest BCUT2D eigenvalue weighted by Crippen LogP contribution is -2.17. The molecule has 0 fully saturated rings. The Labute approximate surface area is 176 Å². The molecule has 0 spiro atoms. The molecular weight excluding hydrogens is 356 g/mol. The second kappa shape index (κ2) is 11.6. The van der Waals surface area contributed by atoms with E-state index in [4.69, 9.17) is 0 Å². The molecule has 1 heterocycles. The minimum Gasteiger partial charge on any atom is -0.505 e. The van der Waals surface area contributed by atoms with Crippen LogP contribution in [0.15, 0.2) is 54.7 Å². The van der Waals surface area contributed by atoms with Gasteiger partial charge >= 0.3 is 0 Å². The number of aromatic nitrogens is 1. The molecule has 0 saturated carbocycles. The Balaban J connectivity index is 0.000000234. The van der Waals surface area contributed by atoms with Crippen molar-refractivity contribution in [3.63, 3.8) is 0 Å². The van der Waals surface area contributed by atoms with Crippen LogP contribution in [-0.4, -0.2) is 28.6 Å². The average Bonchev–Trinajstić information content (AvgIpc) is 2.76. The second-order valence-corrected chi connectivity index (χ2v) is 7.83. The highest BCUT2D eigenvalue weighted by molar-refractivity contribution is 5.88. The molecule has 0 amide bonds. The number of phenolic OH excluding ortho intramolecular Hbond substituents is 1. The van der Waals surface area contributed by atoms with Gasteiger partial charge in [-0.1, -0.05) is 76.6 Å². The Kier molecular flexibility index (Phi) is 9.14. The summed E-state index contributed by atoms with van der Waals surface area (Å²) in [5, 5.41) is 11.4. The van der Waals surface area contributed by atoms with Crippen molar-refractivity contribution in [3.05, 3.63) is 71.4 Å². The lowest BCUT2D eigenvalue weighted by Gasteiger charge is -2.17. The molecule has 1 aromatic heterocycles. The van der Waals surface area contributed by atoms with Crippen LogP contribution in [0.4, 0.5) is 0 Å². The van der Waals surface area contributed by atoms with Gasteiger partial charge in [0.15, 0.2) is 0 Å². The van der Waals surface area contributed by atoms with Crippen molar-refractivity contribution >= 4 is 10.9 Å². The maximum atomic E-state index is 10.3. The molecule has 1 atom stereocenters. The number of aromatic hydroxyl groups is 1. The highest BCUT2D eigenvalue weighted by Gasteiger charge is 2.12. The molecule has 29 heavy (non-hydrogen) atoms. The van der Waals surface area contributed by atoms with E-state index in [-0.39, 0.29) is 0 Å². The quantitative estimate of drug-likeness (QED) is 0.518. The molecule has 0 saturated heterocycles. The molecule has 156 valence electrons. The first-order valence-corrected chi connectivity index (χ1v) is 10.8. The zero-order valence-electron chi connectivity index (χ0n) is 18.7. The Morgan fingerprint density at radius 2 is 1.72 bits per heavy atom. The molecule has 0 aliphatic rings. The van der Waals surface area contributed by atoms with E-state index in [1.54, 1.807) is 6.20 Å². The SMILES string of the molecule is CCC(C)Cc1ccccc1.CCc1cc(CN(C)CC)c(O)c2ncccc12. The van der Waals surface area contributed by atoms with Crippen LogP contribution in [0.25, 0.3) is 10.9 Å². The van der Waals surface area contributed by atoms with Crippen LogP contribution in [0.5, 0.6) is 5.75 Å². The summed E-state index contributed by atoms with van der Waals surface area (Å²) in [5.41, 5.74) is 4.39. The minimum absolute atomic E-state index is 0.322. The maximum absolute atomic E-state index is 10.3. The van der Waals surface area contributed by atoms with Crippen molar-refractivity contribution in [2.24, 2.45) is 5.92 Å². The fourth-order valence-electron chi connectivity index (χ4n) is 3.34. The fraction of sp³-hybridized carbons (Fsp3) is 0.423. The molecule has 0 radical (unpaired) electrons. The van der Waals surface area contributed by atoms with E-state index < -0.39 is 0 Å². The van der Waals surface area contributed by atoms with Crippen LogP contribution in [0.1, 0.15) is 50.8 Å². The van der Waals surface area contributed by atoms with Crippen LogP contribution in [0.2, 0.25) is 0 Å². The Hall–Kier alpha value is -2.39. The van der Waals surface area contributed by atoms with Gasteiger partial charge in [-0.2, -0.15) is 0 Å². The van der Waals surface area contributed by atoms with E-state index in [0.717, 1.165) is 41.9 Å². The molecule has 0 aliphatic heterocycles. The smallest absolute Gasteiger partial charge is 0.146 e. The van der Waals surface area contributed by atoms with Gasteiger partial charge in [0, 0.05) is 23.7 Å². The van der Waals surface area contributed by atoms with Gasteiger partial charge in [-0.15, -0.1) is 0 Å². The van der Waals surface area contributed by atoms with Gasteiger partial charge in [-0.05, 0) is 49.5 Å². The van der Waals surface area contributed by atoms with Gasteiger partial charge in [0.2, 0.25) is 0 Å². The Bertz CT molecular complexity index is 877. The summed E-state index contributed by atoms with van der Waals surface area (Å²) in [6, 6.07) is 16.7. The number of hydrogen-bond acceptors (Lipinski definition) is 3. The van der Waals surface area contributed by atoms with Gasteiger partial charge in [-0.3, -0.25) is 4.98 Å². The summed E-state index contributed by atoms with van der Waals surface area (Å²) in [5.74, 6) is 1.14. The number of hydrogen-bond donors (Lipinski definition) is 1. The summed E-state index contributed by atoms with van der Waals surface area (Å²) in [4.78, 5) is 6.48. The van der Waals surface area contributed by atoms with Crippen LogP contribution in [0.3, 0.4) is 0 Å². The zero-order valence-corrected chi connectivity index (χ0v) is 18.7. The third-order valence-electron chi connectivity index (χ3n) is 5.52. The van der Waals surface area contributed by atoms with Crippen molar-refractivity contribution in [2.45, 2.75) is 53.5 Å². The highest BCUT2D eigenvalue weighted by atomic mass is 16.3. The Morgan fingerprint density at radius 1 is 1.00 bits per heavy atom. The summed E-state index contributed by atoms with van der Waals surface area (Å²) < 4.78 is 0. The summed E-state index contributed by atoms with van der Waals surface area (Å²) in [6.45, 7) is 10.5. The van der Waals surface area contributed by atoms with Gasteiger partial charge in [0.25, 0.3) is 0 Å². The van der Waals surface area contributed by atoms with E-state index >= 15 is 0 Å². The van der Waals surface area contributed by atoms with E-state index in [9.17, 15) is 5.11 Å². The predicted octanol–water partition coefficient (Wildman–Crippen LogP) is 6.23. The topological polar surface area (TPSA) is 36.4 Å². The lowest BCUT2D eigenvalue weighted by molar-refractivity contribution is 0.338. The van der Waals surface area contributed by atoms with Crippen molar-refractivity contribution in [1.29, 1.82) is 0 Å². The molecule has 3 heteroatoms. The lowest BCUT2D eigenvalue weighted by atomic mass is 9.99. The van der Waals surface area contributed by atoms with E-state index in [0.29, 0.717) is 5.75 Å². The molecule has 0 bridgehead atoms. The third-order valence-corrected chi connectivity index (χ3v) is 5.52. The minimum atomic E-state index is 0.322. The van der Waals surface area contributed by atoms with E-state index in [1.165, 1.54) is 24.0 Å². The van der Waals surface area contributed by atoms with Crippen LogP contribution < -0.4 is 0 Å². The van der Waals surface area contributed by atoms with Crippen LogP contribution >= 0.6 is 0 Å². The molecule has 1 N–H and O–H groups in total. The highest BCUT2D eigenvalue weighted by Crippen LogP contribution is 2.31. The number of fused-ring (bicyclic) bond motifs is 1. The summed E-state index contributed by atoms with van der Waals surface area (Å²) in [6.07, 6.45) is 5.17. The summed E-state index contributed by atoms with van der Waals surface area (Å²) >= 11 is 0. The van der Waals surface area contributed by atoms with Crippen molar-refractivity contribution in [2.75, 3.05) is 13.6 Å². The standard InChI is InChI=1S/C15H20N2O.C11H16/c1-4-11-9-12(10-17(3)5-2)15(18)14-13(11)7-6-8-16-14;1-3-10(2)9-11-7-5-4-6-8-11/h6-9,18H,4-5,10H2,1-3H3;4-8,10H,3,9H2,1-2H3.